The molecule has 1 rings (SSSR count). The third kappa shape index (κ3) is 4.90. The minimum absolute atomic E-state index is 0.250. The molecule has 0 atom stereocenters. The molecular formula is C7H9NO3. The number of hydrogen-bond acceptors (Lipinski definition) is 3. The Morgan fingerprint density at radius 1 is 1.64 bits per heavy atom. The summed E-state index contributed by atoms with van der Waals surface area (Å²) in [6.07, 6.45) is 1.69. The lowest BCUT2D eigenvalue weighted by Crippen LogP contribution is -1.83. The molecule has 0 saturated carbocycles. The smallest absolute Gasteiger partial charge is 0.290 e. The highest BCUT2D eigenvalue weighted by molar-refractivity contribution is 5.32. The molecule has 4 heteroatoms. The van der Waals surface area contributed by atoms with Crippen LogP contribution in [-0.2, 0) is 4.79 Å². The summed E-state index contributed by atoms with van der Waals surface area (Å²) in [6, 6.07) is 5.54. The molecule has 0 aliphatic rings. The van der Waals surface area contributed by atoms with E-state index in [0.717, 1.165) is 0 Å². The molecule has 0 spiro atoms. The SMILES string of the molecule is COc1ccccn1.O=CO. The van der Waals surface area contributed by atoms with Crippen molar-refractivity contribution in [1.82, 2.24) is 4.98 Å². The Kier molecular flexibility index (Phi) is 5.60. The summed E-state index contributed by atoms with van der Waals surface area (Å²) in [7, 11) is 1.60. The molecule has 1 aromatic heterocycles. The Morgan fingerprint density at radius 2 is 2.27 bits per heavy atom. The average Bonchev–Trinajstić information content (AvgIpc) is 2.08. The quantitative estimate of drug-likeness (QED) is 0.609. The number of nitrogens with zero attached hydrogens (tertiary/aromatic N) is 1. The highest BCUT2D eigenvalue weighted by Gasteiger charge is 1.82. The summed E-state index contributed by atoms with van der Waals surface area (Å²) in [4.78, 5) is 12.2. The van der Waals surface area contributed by atoms with Gasteiger partial charge in [-0.1, -0.05) is 6.07 Å². The molecule has 11 heavy (non-hydrogen) atoms. The predicted molar refractivity (Wildman–Crippen MR) is 39.5 cm³/mol. The molecule has 1 N–H and O–H groups in total. The van der Waals surface area contributed by atoms with E-state index in [2.05, 4.69) is 4.98 Å². The standard InChI is InChI=1S/C6H7NO.CH2O2/c1-8-6-4-2-3-5-7-6;2-1-3/h2-5H,1H3;1H,(H,2,3). The Balaban J connectivity index is 0.000000292. The topological polar surface area (TPSA) is 59.4 Å². The Labute approximate surface area is 64.5 Å². The predicted octanol–water partition coefficient (Wildman–Crippen LogP) is 0.791. The molecule has 0 bridgehead atoms. The van der Waals surface area contributed by atoms with Gasteiger partial charge in [-0.3, -0.25) is 4.79 Å². The summed E-state index contributed by atoms with van der Waals surface area (Å²) in [5, 5.41) is 6.89. The van der Waals surface area contributed by atoms with Crippen molar-refractivity contribution in [2.24, 2.45) is 0 Å². The number of hydrogen-bond donors (Lipinski definition) is 1. The number of pyridine rings is 1. The number of ether oxygens (including phenoxy) is 1. The molecule has 0 aliphatic heterocycles. The van der Waals surface area contributed by atoms with E-state index in [1.807, 2.05) is 12.1 Å². The minimum Gasteiger partial charge on any atom is -0.483 e. The number of carboxylic acid groups (broad SMARTS) is 1. The zero-order chi connectivity index (χ0) is 8.53. The average molecular weight is 155 g/mol. The van der Waals surface area contributed by atoms with Gasteiger partial charge >= 0.3 is 0 Å². The number of rotatable bonds is 1. The first-order valence-corrected chi connectivity index (χ1v) is 2.88. The van der Waals surface area contributed by atoms with Gasteiger partial charge in [-0.15, -0.1) is 0 Å². The van der Waals surface area contributed by atoms with E-state index in [9.17, 15) is 0 Å². The van der Waals surface area contributed by atoms with Crippen molar-refractivity contribution in [2.75, 3.05) is 7.11 Å². The van der Waals surface area contributed by atoms with Gasteiger partial charge in [-0.2, -0.15) is 0 Å². The van der Waals surface area contributed by atoms with Crippen molar-refractivity contribution >= 4 is 6.47 Å². The van der Waals surface area contributed by atoms with Crippen LogP contribution in [0.25, 0.3) is 0 Å². The Hall–Kier alpha value is -1.58. The van der Waals surface area contributed by atoms with Gasteiger partial charge in [0.25, 0.3) is 6.47 Å². The Bertz CT molecular complexity index is 188. The molecule has 1 heterocycles. The normalized spacial score (nSPS) is 7.36. The van der Waals surface area contributed by atoms with Crippen LogP contribution in [0.5, 0.6) is 5.88 Å². The first-order valence-electron chi connectivity index (χ1n) is 2.88. The maximum absolute atomic E-state index is 8.36. The van der Waals surface area contributed by atoms with Gasteiger partial charge in [0.05, 0.1) is 7.11 Å². The summed E-state index contributed by atoms with van der Waals surface area (Å²) in [5.41, 5.74) is 0. The summed E-state index contributed by atoms with van der Waals surface area (Å²) >= 11 is 0. The van der Waals surface area contributed by atoms with Crippen molar-refractivity contribution < 1.29 is 14.6 Å². The van der Waals surface area contributed by atoms with Gasteiger partial charge in [0.1, 0.15) is 0 Å². The molecule has 0 saturated heterocycles. The van der Waals surface area contributed by atoms with Gasteiger partial charge in [0.15, 0.2) is 0 Å². The second-order valence-corrected chi connectivity index (χ2v) is 1.48. The van der Waals surface area contributed by atoms with E-state index < -0.39 is 0 Å². The van der Waals surface area contributed by atoms with Crippen molar-refractivity contribution in [2.45, 2.75) is 0 Å². The molecule has 0 aromatic carbocycles. The van der Waals surface area contributed by atoms with Crippen molar-refractivity contribution in [1.29, 1.82) is 0 Å². The van der Waals surface area contributed by atoms with Crippen molar-refractivity contribution in [3.05, 3.63) is 24.4 Å². The van der Waals surface area contributed by atoms with E-state index in [1.54, 1.807) is 19.4 Å². The highest BCUT2D eigenvalue weighted by atomic mass is 16.5. The molecular weight excluding hydrogens is 146 g/mol. The van der Waals surface area contributed by atoms with Crippen LogP contribution in [0.4, 0.5) is 0 Å². The fourth-order valence-electron chi connectivity index (χ4n) is 0.468. The highest BCUT2D eigenvalue weighted by Crippen LogP contribution is 1.99. The zero-order valence-corrected chi connectivity index (χ0v) is 6.10. The van der Waals surface area contributed by atoms with E-state index >= 15 is 0 Å². The van der Waals surface area contributed by atoms with Crippen LogP contribution in [0.2, 0.25) is 0 Å². The second kappa shape index (κ2) is 6.54. The van der Waals surface area contributed by atoms with Crippen molar-refractivity contribution in [3.63, 3.8) is 0 Å². The van der Waals surface area contributed by atoms with Crippen molar-refractivity contribution in [3.8, 4) is 5.88 Å². The summed E-state index contributed by atoms with van der Waals surface area (Å²) in [6.45, 7) is -0.250. The van der Waals surface area contributed by atoms with Gasteiger partial charge in [0, 0.05) is 12.3 Å². The summed E-state index contributed by atoms with van der Waals surface area (Å²) < 4.78 is 4.80. The molecule has 0 amide bonds. The second-order valence-electron chi connectivity index (χ2n) is 1.48. The molecule has 0 unspecified atom stereocenters. The van der Waals surface area contributed by atoms with Crippen LogP contribution in [0.15, 0.2) is 24.4 Å². The molecule has 0 fully saturated rings. The molecule has 0 radical (unpaired) electrons. The van der Waals surface area contributed by atoms with E-state index in [4.69, 9.17) is 14.6 Å². The molecule has 60 valence electrons. The lowest BCUT2D eigenvalue weighted by atomic mass is 10.5. The minimum atomic E-state index is -0.250. The fourth-order valence-corrected chi connectivity index (χ4v) is 0.468. The third-order valence-corrected chi connectivity index (χ3v) is 0.847. The van der Waals surface area contributed by atoms with Crippen LogP contribution >= 0.6 is 0 Å². The molecule has 4 nitrogen and oxygen atoms in total. The Morgan fingerprint density at radius 3 is 2.55 bits per heavy atom. The van der Waals surface area contributed by atoms with Crippen LogP contribution in [0.3, 0.4) is 0 Å². The fraction of sp³-hybridized carbons (Fsp3) is 0.143. The van der Waals surface area contributed by atoms with E-state index in [0.29, 0.717) is 5.88 Å². The largest absolute Gasteiger partial charge is 0.483 e. The van der Waals surface area contributed by atoms with Gasteiger partial charge < -0.3 is 9.84 Å². The number of aromatic nitrogens is 1. The summed E-state index contributed by atoms with van der Waals surface area (Å²) in [5.74, 6) is 0.660. The van der Waals surface area contributed by atoms with E-state index in [1.165, 1.54) is 0 Å². The molecule has 0 aliphatic carbocycles. The van der Waals surface area contributed by atoms with Gasteiger partial charge in [-0.05, 0) is 6.07 Å². The van der Waals surface area contributed by atoms with Crippen LogP contribution in [0.1, 0.15) is 0 Å². The van der Waals surface area contributed by atoms with Crippen LogP contribution in [-0.4, -0.2) is 23.7 Å². The third-order valence-electron chi connectivity index (χ3n) is 0.847. The first-order chi connectivity index (χ1) is 5.35. The molecule has 1 aromatic rings. The lowest BCUT2D eigenvalue weighted by Gasteiger charge is -1.92. The van der Waals surface area contributed by atoms with Gasteiger partial charge in [-0.25, -0.2) is 4.98 Å². The lowest BCUT2D eigenvalue weighted by molar-refractivity contribution is -0.122. The van der Waals surface area contributed by atoms with Crippen LogP contribution in [0, 0.1) is 0 Å². The van der Waals surface area contributed by atoms with Gasteiger partial charge in [0.2, 0.25) is 5.88 Å². The number of methoxy groups -OCH3 is 1. The zero-order valence-electron chi connectivity index (χ0n) is 6.10. The monoisotopic (exact) mass is 155 g/mol. The maximum atomic E-state index is 8.36. The van der Waals surface area contributed by atoms with E-state index in [-0.39, 0.29) is 6.47 Å². The number of carbonyl (C=O) groups is 1. The maximum Gasteiger partial charge on any atom is 0.290 e. The first kappa shape index (κ1) is 9.42. The van der Waals surface area contributed by atoms with Crippen LogP contribution < -0.4 is 4.74 Å².